The molecular weight excluding hydrogens is 174 g/mol. The molecule has 0 bridgehead atoms. The van der Waals surface area contributed by atoms with Crippen molar-refractivity contribution in [3.05, 3.63) is 0 Å². The maximum atomic E-state index is 5.00. The lowest BCUT2D eigenvalue weighted by atomic mass is 10.1. The molecule has 0 aromatic rings. The van der Waals surface area contributed by atoms with Crippen molar-refractivity contribution in [1.29, 1.82) is 0 Å². The number of ether oxygens (including phenoxy) is 1. The number of hydrogen-bond acceptors (Lipinski definition) is 2. The van der Waals surface area contributed by atoms with Crippen molar-refractivity contribution in [1.82, 2.24) is 5.32 Å². The molecule has 2 nitrogen and oxygen atoms in total. The lowest BCUT2D eigenvalue weighted by Gasteiger charge is -2.12. The molecule has 1 atom stereocenters. The first-order chi connectivity index (χ1) is 6.81. The van der Waals surface area contributed by atoms with Gasteiger partial charge in [0, 0.05) is 19.8 Å². The first-order valence-electron chi connectivity index (χ1n) is 6.03. The quantitative estimate of drug-likeness (QED) is 0.549. The van der Waals surface area contributed by atoms with Gasteiger partial charge in [-0.1, -0.05) is 19.8 Å². The third-order valence-corrected chi connectivity index (χ3v) is 2.51. The normalized spacial score (nSPS) is 13.1. The number of methoxy groups -OCH3 is 1. The summed E-state index contributed by atoms with van der Waals surface area (Å²) in [5.41, 5.74) is 0. The third-order valence-electron chi connectivity index (χ3n) is 2.51. The molecule has 0 aromatic heterocycles. The molecule has 0 rings (SSSR count). The van der Waals surface area contributed by atoms with Gasteiger partial charge >= 0.3 is 0 Å². The summed E-state index contributed by atoms with van der Waals surface area (Å²) in [5, 5.41) is 3.55. The number of nitrogens with one attached hydrogen (secondary N) is 1. The molecule has 0 radical (unpaired) electrons. The van der Waals surface area contributed by atoms with Crippen LogP contribution in [-0.2, 0) is 4.74 Å². The average Bonchev–Trinajstić information content (AvgIpc) is 2.20. The zero-order chi connectivity index (χ0) is 10.6. The van der Waals surface area contributed by atoms with Crippen molar-refractivity contribution in [2.45, 2.75) is 58.4 Å². The molecule has 0 fully saturated rings. The Morgan fingerprint density at radius 3 is 2.57 bits per heavy atom. The van der Waals surface area contributed by atoms with Crippen LogP contribution >= 0.6 is 0 Å². The summed E-state index contributed by atoms with van der Waals surface area (Å²) in [6, 6.07) is 0.692. The third kappa shape index (κ3) is 10.0. The van der Waals surface area contributed by atoms with E-state index in [9.17, 15) is 0 Å². The van der Waals surface area contributed by atoms with Crippen molar-refractivity contribution in [2.75, 3.05) is 20.3 Å². The van der Waals surface area contributed by atoms with Crippen LogP contribution in [0.3, 0.4) is 0 Å². The van der Waals surface area contributed by atoms with Crippen molar-refractivity contribution in [3.63, 3.8) is 0 Å². The molecule has 0 amide bonds. The topological polar surface area (TPSA) is 21.3 Å². The van der Waals surface area contributed by atoms with Gasteiger partial charge in [0.1, 0.15) is 0 Å². The van der Waals surface area contributed by atoms with Gasteiger partial charge in [-0.25, -0.2) is 0 Å². The Hall–Kier alpha value is -0.0800. The standard InChI is InChI=1S/C12H27NO/c1-4-5-9-12(2)13-10-7-6-8-11-14-3/h12-13H,4-11H2,1-3H3. The lowest BCUT2D eigenvalue weighted by Crippen LogP contribution is -2.26. The minimum absolute atomic E-state index is 0.692. The molecule has 1 N–H and O–H groups in total. The zero-order valence-electron chi connectivity index (χ0n) is 10.1. The number of rotatable bonds is 10. The van der Waals surface area contributed by atoms with E-state index in [1.54, 1.807) is 7.11 Å². The summed E-state index contributed by atoms with van der Waals surface area (Å²) < 4.78 is 5.00. The van der Waals surface area contributed by atoms with E-state index in [4.69, 9.17) is 4.74 Å². The van der Waals surface area contributed by atoms with E-state index >= 15 is 0 Å². The van der Waals surface area contributed by atoms with Crippen molar-refractivity contribution in [3.8, 4) is 0 Å². The van der Waals surface area contributed by atoms with Crippen LogP contribution < -0.4 is 5.32 Å². The molecular formula is C12H27NO. The fraction of sp³-hybridized carbons (Fsp3) is 1.00. The van der Waals surface area contributed by atoms with Crippen LogP contribution in [0, 0.1) is 0 Å². The second-order valence-corrected chi connectivity index (χ2v) is 4.05. The van der Waals surface area contributed by atoms with Crippen LogP contribution in [0.2, 0.25) is 0 Å². The van der Waals surface area contributed by atoms with Crippen molar-refractivity contribution in [2.24, 2.45) is 0 Å². The lowest BCUT2D eigenvalue weighted by molar-refractivity contribution is 0.192. The van der Waals surface area contributed by atoms with Gasteiger partial charge < -0.3 is 10.1 Å². The first kappa shape index (κ1) is 13.9. The summed E-state index contributed by atoms with van der Waals surface area (Å²) in [6.07, 6.45) is 7.72. The molecule has 0 spiro atoms. The highest BCUT2D eigenvalue weighted by atomic mass is 16.5. The minimum atomic E-state index is 0.692. The van der Waals surface area contributed by atoms with E-state index in [2.05, 4.69) is 19.2 Å². The van der Waals surface area contributed by atoms with Gasteiger partial charge in [-0.05, 0) is 39.2 Å². The van der Waals surface area contributed by atoms with Crippen LogP contribution in [0.1, 0.15) is 52.4 Å². The largest absolute Gasteiger partial charge is 0.385 e. The van der Waals surface area contributed by atoms with Gasteiger partial charge in [0.25, 0.3) is 0 Å². The summed E-state index contributed by atoms with van der Waals surface area (Å²) in [4.78, 5) is 0. The van der Waals surface area contributed by atoms with E-state index in [-0.39, 0.29) is 0 Å². The Bertz CT molecular complexity index is 106. The molecule has 0 aromatic carbocycles. The first-order valence-corrected chi connectivity index (χ1v) is 6.03. The van der Waals surface area contributed by atoms with Crippen LogP contribution in [0.4, 0.5) is 0 Å². The molecule has 2 heteroatoms. The Morgan fingerprint density at radius 2 is 1.93 bits per heavy atom. The number of unbranched alkanes of at least 4 members (excludes halogenated alkanes) is 3. The van der Waals surface area contributed by atoms with Crippen LogP contribution in [0.5, 0.6) is 0 Å². The van der Waals surface area contributed by atoms with E-state index in [0.717, 1.165) is 13.2 Å². The second kappa shape index (κ2) is 11.0. The van der Waals surface area contributed by atoms with Crippen molar-refractivity contribution < 1.29 is 4.74 Å². The van der Waals surface area contributed by atoms with E-state index in [0.29, 0.717) is 6.04 Å². The van der Waals surface area contributed by atoms with Gasteiger partial charge in [-0.3, -0.25) is 0 Å². The molecule has 0 aliphatic rings. The number of hydrogen-bond donors (Lipinski definition) is 1. The molecule has 0 aliphatic heterocycles. The second-order valence-electron chi connectivity index (χ2n) is 4.05. The Balaban J connectivity index is 3.02. The monoisotopic (exact) mass is 201 g/mol. The van der Waals surface area contributed by atoms with Crippen LogP contribution in [-0.4, -0.2) is 26.3 Å². The molecule has 0 aliphatic carbocycles. The highest BCUT2D eigenvalue weighted by Gasteiger charge is 1.98. The van der Waals surface area contributed by atoms with E-state index in [1.807, 2.05) is 0 Å². The fourth-order valence-electron chi connectivity index (χ4n) is 1.51. The van der Waals surface area contributed by atoms with Gasteiger partial charge in [0.15, 0.2) is 0 Å². The predicted octanol–water partition coefficient (Wildman–Crippen LogP) is 2.97. The van der Waals surface area contributed by atoms with E-state index in [1.165, 1.54) is 38.5 Å². The van der Waals surface area contributed by atoms with Crippen LogP contribution in [0.15, 0.2) is 0 Å². The average molecular weight is 201 g/mol. The molecule has 0 heterocycles. The predicted molar refractivity (Wildman–Crippen MR) is 62.7 cm³/mol. The molecule has 86 valence electrons. The summed E-state index contributed by atoms with van der Waals surface area (Å²) in [5.74, 6) is 0. The van der Waals surface area contributed by atoms with Gasteiger partial charge in [0.05, 0.1) is 0 Å². The van der Waals surface area contributed by atoms with Gasteiger partial charge in [0.2, 0.25) is 0 Å². The summed E-state index contributed by atoms with van der Waals surface area (Å²) in [7, 11) is 1.77. The summed E-state index contributed by atoms with van der Waals surface area (Å²) in [6.45, 7) is 6.60. The van der Waals surface area contributed by atoms with Crippen molar-refractivity contribution >= 4 is 0 Å². The molecule has 14 heavy (non-hydrogen) atoms. The highest BCUT2D eigenvalue weighted by Crippen LogP contribution is 2.00. The summed E-state index contributed by atoms with van der Waals surface area (Å²) >= 11 is 0. The minimum Gasteiger partial charge on any atom is -0.385 e. The van der Waals surface area contributed by atoms with Crippen LogP contribution in [0.25, 0.3) is 0 Å². The van der Waals surface area contributed by atoms with Gasteiger partial charge in [-0.2, -0.15) is 0 Å². The molecule has 1 unspecified atom stereocenters. The maximum absolute atomic E-state index is 5.00. The van der Waals surface area contributed by atoms with E-state index < -0.39 is 0 Å². The Morgan fingerprint density at radius 1 is 1.14 bits per heavy atom. The van der Waals surface area contributed by atoms with Gasteiger partial charge in [-0.15, -0.1) is 0 Å². The maximum Gasteiger partial charge on any atom is 0.0462 e. The SMILES string of the molecule is CCCCC(C)NCCCCCOC. The molecule has 0 saturated heterocycles. The Kier molecular flexibility index (Phi) is 10.9. The fourth-order valence-corrected chi connectivity index (χ4v) is 1.51. The molecule has 0 saturated carbocycles. The smallest absolute Gasteiger partial charge is 0.0462 e. The highest BCUT2D eigenvalue weighted by molar-refractivity contribution is 4.59. The Labute approximate surface area is 89.4 Å². The zero-order valence-corrected chi connectivity index (χ0v) is 10.1.